The summed E-state index contributed by atoms with van der Waals surface area (Å²) in [6.45, 7) is 12.3. The van der Waals surface area contributed by atoms with Crippen LogP contribution in [0, 0.1) is 13.8 Å². The molecule has 1 fully saturated rings. The number of hydrogen-bond acceptors (Lipinski definition) is 5. The number of thioether (sulfide) groups is 1. The summed E-state index contributed by atoms with van der Waals surface area (Å²) < 4.78 is 1.84. The van der Waals surface area contributed by atoms with E-state index in [2.05, 4.69) is 21.9 Å². The molecule has 23 heavy (non-hydrogen) atoms. The second-order valence-corrected chi connectivity index (χ2v) is 7.82. The van der Waals surface area contributed by atoms with Gasteiger partial charge in [0.05, 0.1) is 12.2 Å². The van der Waals surface area contributed by atoms with Crippen molar-refractivity contribution in [3.63, 3.8) is 0 Å². The molecule has 7 heteroatoms. The van der Waals surface area contributed by atoms with E-state index in [-0.39, 0.29) is 11.9 Å². The lowest BCUT2D eigenvalue weighted by Gasteiger charge is -2.36. The smallest absolute Gasteiger partial charge is 0.247 e. The molecule has 0 spiro atoms. The SMILES string of the molecule is Cc1cc(C)n([C@@H](C)C(=O)N2CCN(C3=NC[C@@H](C)S3)CC2)n1. The summed E-state index contributed by atoms with van der Waals surface area (Å²) in [5.74, 6) is 0.158. The number of amidine groups is 1. The summed E-state index contributed by atoms with van der Waals surface area (Å²) in [6, 6.07) is 1.77. The van der Waals surface area contributed by atoms with Crippen LogP contribution in [0.25, 0.3) is 0 Å². The van der Waals surface area contributed by atoms with Crippen molar-refractivity contribution in [2.45, 2.75) is 39.0 Å². The first kappa shape index (κ1) is 16.4. The van der Waals surface area contributed by atoms with Gasteiger partial charge in [0.2, 0.25) is 5.91 Å². The fourth-order valence-corrected chi connectivity index (χ4v) is 4.15. The highest BCUT2D eigenvalue weighted by atomic mass is 32.2. The molecular weight excluding hydrogens is 310 g/mol. The van der Waals surface area contributed by atoms with E-state index in [1.165, 1.54) is 0 Å². The van der Waals surface area contributed by atoms with E-state index in [0.717, 1.165) is 49.3 Å². The van der Waals surface area contributed by atoms with E-state index >= 15 is 0 Å². The number of aliphatic imine (C=N–C) groups is 1. The number of carbonyl (C=O) groups excluding carboxylic acids is 1. The minimum Gasteiger partial charge on any atom is -0.348 e. The Labute approximate surface area is 141 Å². The predicted molar refractivity (Wildman–Crippen MR) is 93.9 cm³/mol. The van der Waals surface area contributed by atoms with Crippen LogP contribution in [0.3, 0.4) is 0 Å². The molecule has 1 saturated heterocycles. The quantitative estimate of drug-likeness (QED) is 0.825. The van der Waals surface area contributed by atoms with Gasteiger partial charge in [-0.2, -0.15) is 5.10 Å². The van der Waals surface area contributed by atoms with Crippen LogP contribution in [0.15, 0.2) is 11.1 Å². The maximum Gasteiger partial charge on any atom is 0.247 e. The predicted octanol–water partition coefficient (Wildman–Crippen LogP) is 1.70. The van der Waals surface area contributed by atoms with Gasteiger partial charge in [0.15, 0.2) is 5.17 Å². The molecule has 1 aromatic rings. The summed E-state index contributed by atoms with van der Waals surface area (Å²) >= 11 is 1.85. The summed E-state index contributed by atoms with van der Waals surface area (Å²) in [4.78, 5) is 21.6. The van der Waals surface area contributed by atoms with Crippen LogP contribution in [0.2, 0.25) is 0 Å². The fraction of sp³-hybridized carbons (Fsp3) is 0.688. The first-order chi connectivity index (χ1) is 11.0. The number of rotatable bonds is 2. The Morgan fingerprint density at radius 3 is 2.52 bits per heavy atom. The van der Waals surface area contributed by atoms with Crippen molar-refractivity contribution < 1.29 is 4.79 Å². The van der Waals surface area contributed by atoms with E-state index in [0.29, 0.717) is 5.25 Å². The number of carbonyl (C=O) groups is 1. The van der Waals surface area contributed by atoms with Gasteiger partial charge in [-0.05, 0) is 26.8 Å². The number of nitrogens with zero attached hydrogens (tertiary/aromatic N) is 5. The van der Waals surface area contributed by atoms with E-state index in [9.17, 15) is 4.79 Å². The highest BCUT2D eigenvalue weighted by Crippen LogP contribution is 2.24. The number of aryl methyl sites for hydroxylation is 2. The van der Waals surface area contributed by atoms with Crippen LogP contribution < -0.4 is 0 Å². The molecule has 2 aliphatic heterocycles. The maximum atomic E-state index is 12.8. The first-order valence-electron chi connectivity index (χ1n) is 8.23. The third kappa shape index (κ3) is 3.39. The summed E-state index contributed by atoms with van der Waals surface area (Å²) in [5, 5.41) is 6.18. The van der Waals surface area contributed by atoms with E-state index < -0.39 is 0 Å². The maximum absolute atomic E-state index is 12.8. The zero-order valence-corrected chi connectivity index (χ0v) is 15.1. The van der Waals surface area contributed by atoms with Crippen molar-refractivity contribution in [1.29, 1.82) is 0 Å². The fourth-order valence-electron chi connectivity index (χ4n) is 3.16. The van der Waals surface area contributed by atoms with Crippen molar-refractivity contribution >= 4 is 22.8 Å². The normalized spacial score (nSPS) is 23.1. The molecule has 0 aliphatic carbocycles. The Balaban J connectivity index is 1.59. The van der Waals surface area contributed by atoms with Crippen molar-refractivity contribution in [2.75, 3.05) is 32.7 Å². The minimum atomic E-state index is -0.242. The number of hydrogen-bond donors (Lipinski definition) is 0. The van der Waals surface area contributed by atoms with E-state index in [1.807, 2.05) is 48.2 Å². The molecule has 0 radical (unpaired) electrons. The highest BCUT2D eigenvalue weighted by Gasteiger charge is 2.29. The molecular formula is C16H25N5OS. The van der Waals surface area contributed by atoms with E-state index in [4.69, 9.17) is 0 Å². The van der Waals surface area contributed by atoms with Gasteiger partial charge >= 0.3 is 0 Å². The van der Waals surface area contributed by atoms with Crippen molar-refractivity contribution in [3.05, 3.63) is 17.5 Å². The number of aromatic nitrogens is 2. The second-order valence-electron chi connectivity index (χ2n) is 6.41. The van der Waals surface area contributed by atoms with Gasteiger partial charge in [-0.15, -0.1) is 0 Å². The molecule has 3 rings (SSSR count). The zero-order chi connectivity index (χ0) is 16.6. The lowest BCUT2D eigenvalue weighted by atomic mass is 10.2. The monoisotopic (exact) mass is 335 g/mol. The molecule has 3 heterocycles. The average Bonchev–Trinajstić information content (AvgIpc) is 3.11. The zero-order valence-electron chi connectivity index (χ0n) is 14.3. The van der Waals surface area contributed by atoms with Gasteiger partial charge in [0, 0.05) is 37.1 Å². The lowest BCUT2D eigenvalue weighted by Crippen LogP contribution is -2.51. The molecule has 0 N–H and O–H groups in total. The molecule has 1 amide bonds. The van der Waals surface area contributed by atoms with Gasteiger partial charge in [-0.1, -0.05) is 18.7 Å². The van der Waals surface area contributed by atoms with E-state index in [1.54, 1.807) is 0 Å². The Kier molecular flexibility index (Phi) is 4.66. The van der Waals surface area contributed by atoms with Crippen LogP contribution in [0.5, 0.6) is 0 Å². The highest BCUT2D eigenvalue weighted by molar-refractivity contribution is 8.14. The third-order valence-electron chi connectivity index (χ3n) is 4.42. The van der Waals surface area contributed by atoms with Gasteiger partial charge in [0.25, 0.3) is 0 Å². The van der Waals surface area contributed by atoms with Crippen LogP contribution in [-0.2, 0) is 4.79 Å². The minimum absolute atomic E-state index is 0.158. The molecule has 0 aromatic carbocycles. The van der Waals surface area contributed by atoms with Gasteiger partial charge < -0.3 is 9.80 Å². The molecule has 0 saturated carbocycles. The molecule has 126 valence electrons. The largest absolute Gasteiger partial charge is 0.348 e. The summed E-state index contributed by atoms with van der Waals surface area (Å²) in [7, 11) is 0. The Morgan fingerprint density at radius 1 is 1.30 bits per heavy atom. The first-order valence-corrected chi connectivity index (χ1v) is 9.11. The van der Waals surface area contributed by atoms with Crippen molar-refractivity contribution in [1.82, 2.24) is 19.6 Å². The molecule has 6 nitrogen and oxygen atoms in total. The standard InChI is InChI=1S/C16H25N5OS/c1-11-9-12(2)21(18-11)14(4)15(22)19-5-7-20(8-6-19)16-17-10-13(3)23-16/h9,13-14H,5-8,10H2,1-4H3/t13-,14+/m1/s1. The topological polar surface area (TPSA) is 53.7 Å². The molecule has 0 bridgehead atoms. The molecule has 1 aromatic heterocycles. The van der Waals surface area contributed by atoms with Crippen LogP contribution in [0.1, 0.15) is 31.3 Å². The van der Waals surface area contributed by atoms with Gasteiger partial charge in [0.1, 0.15) is 6.04 Å². The van der Waals surface area contributed by atoms with Crippen LogP contribution >= 0.6 is 11.8 Å². The molecule has 0 unspecified atom stereocenters. The van der Waals surface area contributed by atoms with Gasteiger partial charge in [-0.3, -0.25) is 14.5 Å². The van der Waals surface area contributed by atoms with Crippen molar-refractivity contribution in [3.8, 4) is 0 Å². The Bertz CT molecular complexity index is 618. The van der Waals surface area contributed by atoms with Crippen LogP contribution in [0.4, 0.5) is 0 Å². The Morgan fingerprint density at radius 2 is 2.00 bits per heavy atom. The van der Waals surface area contributed by atoms with Crippen molar-refractivity contribution in [2.24, 2.45) is 4.99 Å². The lowest BCUT2D eigenvalue weighted by molar-refractivity contribution is -0.135. The molecule has 2 aliphatic rings. The number of amides is 1. The average molecular weight is 335 g/mol. The molecule has 2 atom stereocenters. The Hall–Kier alpha value is -1.50. The summed E-state index contributed by atoms with van der Waals surface area (Å²) in [6.07, 6.45) is 0. The third-order valence-corrected chi connectivity index (χ3v) is 5.57. The summed E-state index contributed by atoms with van der Waals surface area (Å²) in [5.41, 5.74) is 1.99. The number of piperazine rings is 1. The van der Waals surface area contributed by atoms with Gasteiger partial charge in [-0.25, -0.2) is 0 Å². The van der Waals surface area contributed by atoms with Crippen LogP contribution in [-0.4, -0.2) is 68.6 Å². The second kappa shape index (κ2) is 6.55.